The minimum Gasteiger partial charge on any atom is -0.390 e. The van der Waals surface area contributed by atoms with Crippen molar-refractivity contribution in [3.63, 3.8) is 0 Å². The molecule has 0 spiro atoms. The Morgan fingerprint density at radius 2 is 1.68 bits per heavy atom. The molecule has 3 fully saturated rings. The highest BCUT2D eigenvalue weighted by Gasteiger charge is 2.62. The zero-order valence-corrected chi connectivity index (χ0v) is 14.4. The molecule has 0 unspecified atom stereocenters. The maximum atomic E-state index is 10.9. The molecule has 0 bridgehead atoms. The van der Waals surface area contributed by atoms with E-state index in [-0.39, 0.29) is 16.9 Å². The predicted octanol–water partition coefficient (Wildman–Crippen LogP) is 3.92. The number of aliphatic hydroxyl groups is 2. The zero-order valence-electron chi connectivity index (χ0n) is 14.4. The first kappa shape index (κ1) is 15.2. The summed E-state index contributed by atoms with van der Waals surface area (Å²) >= 11 is 0. The second-order valence-corrected chi connectivity index (χ2v) is 9.45. The Hall–Kier alpha value is -0.340. The summed E-state index contributed by atoms with van der Waals surface area (Å²) in [7, 11) is 0. The highest BCUT2D eigenvalue weighted by Crippen LogP contribution is 2.67. The minimum atomic E-state index is -0.473. The van der Waals surface area contributed by atoms with Crippen LogP contribution in [0.1, 0.15) is 65.7 Å². The topological polar surface area (TPSA) is 40.5 Å². The Morgan fingerprint density at radius 1 is 0.955 bits per heavy atom. The van der Waals surface area contributed by atoms with Crippen LogP contribution in [-0.2, 0) is 0 Å². The van der Waals surface area contributed by atoms with E-state index in [2.05, 4.69) is 32.9 Å². The highest BCUT2D eigenvalue weighted by molar-refractivity contribution is 5.18. The summed E-state index contributed by atoms with van der Waals surface area (Å²) in [6.45, 7) is 6.89. The van der Waals surface area contributed by atoms with Crippen LogP contribution in [0.3, 0.4) is 0 Å². The molecule has 0 aromatic heterocycles. The summed E-state index contributed by atoms with van der Waals surface area (Å²) in [5.74, 6) is 2.87. The van der Waals surface area contributed by atoms with E-state index >= 15 is 0 Å². The number of hydrogen-bond donors (Lipinski definition) is 2. The van der Waals surface area contributed by atoms with Gasteiger partial charge in [-0.2, -0.15) is 0 Å². The highest BCUT2D eigenvalue weighted by atomic mass is 16.3. The van der Waals surface area contributed by atoms with Gasteiger partial charge in [-0.25, -0.2) is 0 Å². The lowest BCUT2D eigenvalue weighted by Crippen LogP contribution is -2.55. The molecule has 2 N–H and O–H groups in total. The van der Waals surface area contributed by atoms with Crippen molar-refractivity contribution < 1.29 is 10.2 Å². The van der Waals surface area contributed by atoms with Crippen LogP contribution in [-0.4, -0.2) is 21.9 Å². The third-order valence-corrected chi connectivity index (χ3v) is 8.73. The SMILES string of the molecule is C[C@]12C=C[C@@H](O)C[C@H]1CC[C@@H]1[C@@H]2CC[C@@]2(C)[C@H]1CC[C@@]2(C)O. The van der Waals surface area contributed by atoms with Gasteiger partial charge < -0.3 is 10.2 Å². The van der Waals surface area contributed by atoms with Crippen molar-refractivity contribution in [3.8, 4) is 0 Å². The summed E-state index contributed by atoms with van der Waals surface area (Å²) in [5.41, 5.74) is -0.0772. The predicted molar refractivity (Wildman–Crippen MR) is 88.3 cm³/mol. The average molecular weight is 304 g/mol. The monoisotopic (exact) mass is 304 g/mol. The van der Waals surface area contributed by atoms with Crippen LogP contribution in [0.15, 0.2) is 12.2 Å². The maximum absolute atomic E-state index is 10.9. The van der Waals surface area contributed by atoms with Crippen molar-refractivity contribution in [1.82, 2.24) is 0 Å². The van der Waals surface area contributed by atoms with E-state index < -0.39 is 5.60 Å². The molecule has 0 heterocycles. The van der Waals surface area contributed by atoms with E-state index in [9.17, 15) is 10.2 Å². The second kappa shape index (κ2) is 4.60. The first-order chi connectivity index (χ1) is 10.3. The van der Waals surface area contributed by atoms with Crippen LogP contribution in [0.5, 0.6) is 0 Å². The van der Waals surface area contributed by atoms with Gasteiger partial charge in [-0.3, -0.25) is 0 Å². The van der Waals surface area contributed by atoms with Gasteiger partial charge in [0.2, 0.25) is 0 Å². The number of fused-ring (bicyclic) bond motifs is 5. The molecule has 3 saturated carbocycles. The molecule has 0 aromatic carbocycles. The van der Waals surface area contributed by atoms with Crippen LogP contribution < -0.4 is 0 Å². The van der Waals surface area contributed by atoms with Gasteiger partial charge in [0.05, 0.1) is 11.7 Å². The van der Waals surface area contributed by atoms with Gasteiger partial charge in [0.25, 0.3) is 0 Å². The maximum Gasteiger partial charge on any atom is 0.0724 e. The molecular weight excluding hydrogens is 272 g/mol. The zero-order chi connectivity index (χ0) is 15.8. The summed E-state index contributed by atoms with van der Waals surface area (Å²) in [4.78, 5) is 0. The van der Waals surface area contributed by atoms with E-state index in [0.29, 0.717) is 11.8 Å². The molecule has 8 atom stereocenters. The molecule has 0 amide bonds. The number of allylic oxidation sites excluding steroid dienone is 1. The normalized spacial score (nSPS) is 60.5. The molecule has 4 aliphatic rings. The quantitative estimate of drug-likeness (QED) is 0.666. The summed E-state index contributed by atoms with van der Waals surface area (Å²) < 4.78 is 0. The van der Waals surface area contributed by atoms with Crippen molar-refractivity contribution in [1.29, 1.82) is 0 Å². The number of rotatable bonds is 0. The van der Waals surface area contributed by atoms with Gasteiger partial charge in [-0.1, -0.05) is 26.0 Å². The molecule has 0 aromatic rings. The van der Waals surface area contributed by atoms with Gasteiger partial charge in [-0.15, -0.1) is 0 Å². The standard InChI is InChI=1S/C20H32O2/c1-18-9-6-14(21)12-13(18)4-5-15-16(18)7-10-19(2)17(15)8-11-20(19,3)22/h6,9,13-17,21-22H,4-5,7-8,10-12H2,1-3H3/t13-,14-,15-,16+,17+,18+,19+,20-/m1/s1. The first-order valence-corrected chi connectivity index (χ1v) is 9.38. The third kappa shape index (κ3) is 1.80. The summed E-state index contributed by atoms with van der Waals surface area (Å²) in [6, 6.07) is 0. The molecule has 0 aliphatic heterocycles. The fourth-order valence-corrected chi connectivity index (χ4v) is 7.03. The largest absolute Gasteiger partial charge is 0.390 e. The van der Waals surface area contributed by atoms with E-state index in [1.54, 1.807) is 0 Å². The van der Waals surface area contributed by atoms with E-state index in [1.165, 1.54) is 32.1 Å². The van der Waals surface area contributed by atoms with Gasteiger partial charge in [0.15, 0.2) is 0 Å². The first-order valence-electron chi connectivity index (χ1n) is 9.38. The smallest absolute Gasteiger partial charge is 0.0724 e. The lowest BCUT2D eigenvalue weighted by molar-refractivity contribution is -0.131. The third-order valence-electron chi connectivity index (χ3n) is 8.73. The second-order valence-electron chi connectivity index (χ2n) is 9.45. The van der Waals surface area contributed by atoms with Gasteiger partial charge >= 0.3 is 0 Å². The molecule has 2 nitrogen and oxygen atoms in total. The van der Waals surface area contributed by atoms with E-state index in [4.69, 9.17) is 0 Å². The van der Waals surface area contributed by atoms with Crippen LogP contribution in [0.4, 0.5) is 0 Å². The minimum absolute atomic E-state index is 0.120. The van der Waals surface area contributed by atoms with Crippen molar-refractivity contribution in [2.24, 2.45) is 34.5 Å². The van der Waals surface area contributed by atoms with E-state index in [0.717, 1.165) is 24.7 Å². The summed E-state index contributed by atoms with van der Waals surface area (Å²) in [5, 5.41) is 20.9. The molecule has 0 radical (unpaired) electrons. The van der Waals surface area contributed by atoms with Crippen molar-refractivity contribution >= 4 is 0 Å². The Labute approximate surface area is 135 Å². The Morgan fingerprint density at radius 3 is 2.45 bits per heavy atom. The Balaban J connectivity index is 1.68. The fourth-order valence-electron chi connectivity index (χ4n) is 7.03. The molecule has 4 rings (SSSR count). The lowest BCUT2D eigenvalue weighted by atomic mass is 9.45. The lowest BCUT2D eigenvalue weighted by Gasteiger charge is -2.60. The Bertz CT molecular complexity index is 496. The van der Waals surface area contributed by atoms with Crippen molar-refractivity contribution in [2.75, 3.05) is 0 Å². The van der Waals surface area contributed by atoms with Crippen LogP contribution >= 0.6 is 0 Å². The number of hydrogen-bond acceptors (Lipinski definition) is 2. The molecular formula is C20H32O2. The Kier molecular flexibility index (Phi) is 3.18. The fraction of sp³-hybridized carbons (Fsp3) is 0.900. The van der Waals surface area contributed by atoms with Crippen LogP contribution in [0.2, 0.25) is 0 Å². The van der Waals surface area contributed by atoms with E-state index in [1.807, 2.05) is 0 Å². The van der Waals surface area contributed by atoms with Crippen LogP contribution in [0.25, 0.3) is 0 Å². The molecule has 22 heavy (non-hydrogen) atoms. The average Bonchev–Trinajstić information content (AvgIpc) is 2.70. The molecule has 4 aliphatic carbocycles. The van der Waals surface area contributed by atoms with Gasteiger partial charge in [0.1, 0.15) is 0 Å². The molecule has 0 saturated heterocycles. The van der Waals surface area contributed by atoms with Gasteiger partial charge in [-0.05, 0) is 86.4 Å². The van der Waals surface area contributed by atoms with Crippen molar-refractivity contribution in [2.45, 2.75) is 77.4 Å². The summed E-state index contributed by atoms with van der Waals surface area (Å²) in [6.07, 6.45) is 12.3. The molecule has 2 heteroatoms. The van der Waals surface area contributed by atoms with Gasteiger partial charge in [0, 0.05) is 0 Å². The van der Waals surface area contributed by atoms with Crippen molar-refractivity contribution in [3.05, 3.63) is 12.2 Å². The van der Waals surface area contributed by atoms with Crippen LogP contribution in [0, 0.1) is 34.5 Å². The number of aliphatic hydroxyl groups excluding tert-OH is 1. The molecule has 124 valence electrons.